The van der Waals surface area contributed by atoms with E-state index >= 15 is 0 Å². The molecule has 0 radical (unpaired) electrons. The van der Waals surface area contributed by atoms with Gasteiger partial charge in [0, 0.05) is 19.1 Å². The van der Waals surface area contributed by atoms with E-state index in [2.05, 4.69) is 12.2 Å². The van der Waals surface area contributed by atoms with Gasteiger partial charge in [-0.3, -0.25) is 0 Å². The van der Waals surface area contributed by atoms with E-state index in [1.807, 2.05) is 0 Å². The van der Waals surface area contributed by atoms with Crippen LogP contribution < -0.4 is 5.32 Å². The lowest BCUT2D eigenvalue weighted by Gasteiger charge is -2.08. The van der Waals surface area contributed by atoms with E-state index in [-0.39, 0.29) is 0 Å². The molecule has 0 bridgehead atoms. The number of nitrogens with one attached hydrogen (secondary N) is 1. The molecule has 1 rings (SSSR count). The summed E-state index contributed by atoms with van der Waals surface area (Å²) in [6, 6.07) is 0. The molecule has 1 fully saturated rings. The highest BCUT2D eigenvalue weighted by atomic mass is 16.5. The Bertz CT molecular complexity index is 158. The molecule has 1 atom stereocenters. The van der Waals surface area contributed by atoms with Crippen LogP contribution >= 0.6 is 0 Å². The van der Waals surface area contributed by atoms with Gasteiger partial charge in [-0.05, 0) is 38.8 Å². The molecule has 0 aromatic rings. The van der Waals surface area contributed by atoms with E-state index in [1.54, 1.807) is 0 Å². The van der Waals surface area contributed by atoms with Crippen LogP contribution in [0.2, 0.25) is 0 Å². The predicted octanol–water partition coefficient (Wildman–Crippen LogP) is 2.60. The molecule has 0 spiro atoms. The van der Waals surface area contributed by atoms with Crippen molar-refractivity contribution >= 4 is 0 Å². The average Bonchev–Trinajstić information content (AvgIpc) is 2.85. The maximum absolute atomic E-state index is 5.67. The molecular formula is C14H29NO2. The van der Waals surface area contributed by atoms with E-state index in [0.29, 0.717) is 5.92 Å². The van der Waals surface area contributed by atoms with Gasteiger partial charge >= 0.3 is 0 Å². The highest BCUT2D eigenvalue weighted by Crippen LogP contribution is 2.12. The zero-order valence-corrected chi connectivity index (χ0v) is 11.4. The first kappa shape index (κ1) is 14.9. The Hall–Kier alpha value is -0.120. The van der Waals surface area contributed by atoms with Gasteiger partial charge in [-0.25, -0.2) is 0 Å². The lowest BCUT2D eigenvalue weighted by molar-refractivity contribution is 0.0871. The molecule has 0 aliphatic carbocycles. The summed E-state index contributed by atoms with van der Waals surface area (Å²) < 4.78 is 11.0. The molecule has 1 saturated heterocycles. The number of rotatable bonds is 11. The third-order valence-electron chi connectivity index (χ3n) is 3.20. The first-order valence-electron chi connectivity index (χ1n) is 7.29. The van der Waals surface area contributed by atoms with Crippen molar-refractivity contribution in [3.05, 3.63) is 0 Å². The minimum Gasteiger partial charge on any atom is -0.381 e. The van der Waals surface area contributed by atoms with Crippen LogP contribution in [0, 0.1) is 5.92 Å². The van der Waals surface area contributed by atoms with Crippen molar-refractivity contribution in [1.29, 1.82) is 0 Å². The number of hydrogen-bond donors (Lipinski definition) is 1. The van der Waals surface area contributed by atoms with Crippen LogP contribution in [0.25, 0.3) is 0 Å². The minimum atomic E-state index is 0.660. The average molecular weight is 243 g/mol. The van der Waals surface area contributed by atoms with Gasteiger partial charge in [0.15, 0.2) is 0 Å². The Morgan fingerprint density at radius 2 is 2.06 bits per heavy atom. The molecule has 102 valence electrons. The second-order valence-corrected chi connectivity index (χ2v) is 4.97. The van der Waals surface area contributed by atoms with E-state index in [1.165, 1.54) is 45.1 Å². The SMILES string of the molecule is CCCNCCCCCCOCC1CCOC1. The molecule has 3 nitrogen and oxygen atoms in total. The summed E-state index contributed by atoms with van der Waals surface area (Å²) in [6.07, 6.45) is 7.56. The smallest absolute Gasteiger partial charge is 0.0517 e. The molecule has 1 unspecified atom stereocenters. The zero-order chi connectivity index (χ0) is 12.2. The molecule has 1 aliphatic heterocycles. The maximum atomic E-state index is 5.67. The van der Waals surface area contributed by atoms with Crippen molar-refractivity contribution < 1.29 is 9.47 Å². The number of hydrogen-bond acceptors (Lipinski definition) is 3. The zero-order valence-electron chi connectivity index (χ0n) is 11.4. The van der Waals surface area contributed by atoms with Crippen LogP contribution in [0.15, 0.2) is 0 Å². The number of unbranched alkanes of at least 4 members (excludes halogenated alkanes) is 3. The van der Waals surface area contributed by atoms with Crippen molar-refractivity contribution in [3.8, 4) is 0 Å². The Morgan fingerprint density at radius 1 is 1.18 bits per heavy atom. The van der Waals surface area contributed by atoms with Crippen molar-refractivity contribution in [3.63, 3.8) is 0 Å². The third-order valence-corrected chi connectivity index (χ3v) is 3.20. The summed E-state index contributed by atoms with van der Waals surface area (Å²) in [5.41, 5.74) is 0. The highest BCUT2D eigenvalue weighted by molar-refractivity contribution is 4.62. The summed E-state index contributed by atoms with van der Waals surface area (Å²) in [4.78, 5) is 0. The first-order chi connectivity index (χ1) is 8.43. The Labute approximate surface area is 106 Å². The lowest BCUT2D eigenvalue weighted by atomic mass is 10.1. The van der Waals surface area contributed by atoms with E-state index in [9.17, 15) is 0 Å². The van der Waals surface area contributed by atoms with Crippen molar-refractivity contribution in [2.45, 2.75) is 45.4 Å². The largest absolute Gasteiger partial charge is 0.381 e. The van der Waals surface area contributed by atoms with Crippen molar-refractivity contribution in [2.75, 3.05) is 39.5 Å². The van der Waals surface area contributed by atoms with Crippen LogP contribution in [0.3, 0.4) is 0 Å². The second kappa shape index (κ2) is 11.0. The van der Waals surface area contributed by atoms with E-state index < -0.39 is 0 Å². The Balaban J connectivity index is 1.69. The van der Waals surface area contributed by atoms with Crippen LogP contribution in [-0.4, -0.2) is 39.5 Å². The van der Waals surface area contributed by atoms with Gasteiger partial charge in [0.2, 0.25) is 0 Å². The van der Waals surface area contributed by atoms with Crippen LogP contribution in [0.5, 0.6) is 0 Å². The van der Waals surface area contributed by atoms with Gasteiger partial charge in [0.05, 0.1) is 13.2 Å². The molecule has 0 amide bonds. The predicted molar refractivity (Wildman–Crippen MR) is 71.4 cm³/mol. The Kier molecular flexibility index (Phi) is 9.66. The fraction of sp³-hybridized carbons (Fsp3) is 1.00. The van der Waals surface area contributed by atoms with Gasteiger partial charge in [-0.2, -0.15) is 0 Å². The van der Waals surface area contributed by atoms with Gasteiger partial charge in [-0.15, -0.1) is 0 Å². The van der Waals surface area contributed by atoms with Crippen molar-refractivity contribution in [1.82, 2.24) is 5.32 Å². The summed E-state index contributed by atoms with van der Waals surface area (Å²) in [7, 11) is 0. The van der Waals surface area contributed by atoms with Gasteiger partial charge in [0.25, 0.3) is 0 Å². The molecule has 17 heavy (non-hydrogen) atoms. The van der Waals surface area contributed by atoms with Crippen LogP contribution in [0.4, 0.5) is 0 Å². The molecule has 3 heteroatoms. The van der Waals surface area contributed by atoms with E-state index in [0.717, 1.165) is 33.0 Å². The Morgan fingerprint density at radius 3 is 2.82 bits per heavy atom. The molecule has 0 aromatic carbocycles. The third kappa shape index (κ3) is 8.58. The molecule has 0 aromatic heterocycles. The molecular weight excluding hydrogens is 214 g/mol. The van der Waals surface area contributed by atoms with Crippen LogP contribution in [-0.2, 0) is 9.47 Å². The minimum absolute atomic E-state index is 0.660. The molecule has 1 N–H and O–H groups in total. The normalized spacial score (nSPS) is 19.9. The fourth-order valence-corrected chi connectivity index (χ4v) is 2.07. The van der Waals surface area contributed by atoms with Gasteiger partial charge in [0.1, 0.15) is 0 Å². The van der Waals surface area contributed by atoms with Gasteiger partial charge < -0.3 is 14.8 Å². The van der Waals surface area contributed by atoms with E-state index in [4.69, 9.17) is 9.47 Å². The summed E-state index contributed by atoms with van der Waals surface area (Å²) in [5, 5.41) is 3.43. The topological polar surface area (TPSA) is 30.5 Å². The summed E-state index contributed by atoms with van der Waals surface area (Å²) in [6.45, 7) is 8.21. The highest BCUT2D eigenvalue weighted by Gasteiger charge is 2.14. The number of ether oxygens (including phenoxy) is 2. The molecule has 0 saturated carbocycles. The molecule has 1 heterocycles. The monoisotopic (exact) mass is 243 g/mol. The first-order valence-corrected chi connectivity index (χ1v) is 7.29. The lowest BCUT2D eigenvalue weighted by Crippen LogP contribution is -2.15. The van der Waals surface area contributed by atoms with Crippen LogP contribution in [0.1, 0.15) is 45.4 Å². The maximum Gasteiger partial charge on any atom is 0.0517 e. The molecule has 1 aliphatic rings. The standard InChI is InChI=1S/C14H29NO2/c1-2-8-15-9-5-3-4-6-10-16-12-14-7-11-17-13-14/h14-15H,2-13H2,1H3. The quantitative estimate of drug-likeness (QED) is 0.566. The fourth-order valence-electron chi connectivity index (χ4n) is 2.07. The summed E-state index contributed by atoms with van der Waals surface area (Å²) in [5.74, 6) is 0.660. The van der Waals surface area contributed by atoms with Crippen molar-refractivity contribution in [2.24, 2.45) is 5.92 Å². The van der Waals surface area contributed by atoms with Gasteiger partial charge in [-0.1, -0.05) is 19.8 Å². The second-order valence-electron chi connectivity index (χ2n) is 4.97. The summed E-state index contributed by atoms with van der Waals surface area (Å²) >= 11 is 0.